The molecule has 1 amide bonds. The van der Waals surface area contributed by atoms with E-state index in [1.165, 1.54) is 25.7 Å². The average Bonchev–Trinajstić information content (AvgIpc) is 3.13. The van der Waals surface area contributed by atoms with Crippen molar-refractivity contribution in [2.75, 3.05) is 45.9 Å². The Morgan fingerprint density at radius 2 is 1.92 bits per heavy atom. The van der Waals surface area contributed by atoms with E-state index in [1.807, 2.05) is 46.0 Å². The second-order valence-electron chi connectivity index (χ2n) is 7.59. The van der Waals surface area contributed by atoms with Crippen LogP contribution in [0.15, 0.2) is 36.7 Å². The van der Waals surface area contributed by atoms with E-state index < -0.39 is 0 Å². The zero-order valence-corrected chi connectivity index (χ0v) is 15.5. The molecule has 5 heteroatoms. The molecule has 0 atom stereocenters. The third-order valence-corrected chi connectivity index (χ3v) is 5.84. The molecule has 2 aliphatic rings. The number of rotatable bonds is 5. The number of fused-ring (bicyclic) bond motifs is 1. The van der Waals surface area contributed by atoms with Gasteiger partial charge in [-0.05, 0) is 56.3 Å². The Morgan fingerprint density at radius 1 is 1.12 bits per heavy atom. The highest BCUT2D eigenvalue weighted by molar-refractivity contribution is 5.95. The first kappa shape index (κ1) is 17.6. The maximum absolute atomic E-state index is 12.8. The van der Waals surface area contributed by atoms with Gasteiger partial charge < -0.3 is 14.0 Å². The van der Waals surface area contributed by atoms with E-state index >= 15 is 0 Å². The highest BCUT2D eigenvalue weighted by atomic mass is 16.5. The first-order valence-electron chi connectivity index (χ1n) is 9.96. The van der Waals surface area contributed by atoms with E-state index in [2.05, 4.69) is 4.90 Å². The van der Waals surface area contributed by atoms with E-state index in [4.69, 9.17) is 4.74 Å². The van der Waals surface area contributed by atoms with Gasteiger partial charge in [-0.15, -0.1) is 0 Å². The molecule has 4 heterocycles. The summed E-state index contributed by atoms with van der Waals surface area (Å²) in [6.45, 7) is 6.71. The van der Waals surface area contributed by atoms with Gasteiger partial charge in [-0.25, -0.2) is 0 Å². The van der Waals surface area contributed by atoms with Gasteiger partial charge in [-0.3, -0.25) is 9.69 Å². The van der Waals surface area contributed by atoms with Crippen molar-refractivity contribution in [1.82, 2.24) is 14.2 Å². The van der Waals surface area contributed by atoms with Crippen LogP contribution in [0.25, 0.3) is 5.52 Å². The van der Waals surface area contributed by atoms with Crippen LogP contribution in [0.3, 0.4) is 0 Å². The van der Waals surface area contributed by atoms with Crippen molar-refractivity contribution in [3.63, 3.8) is 0 Å². The Hall–Kier alpha value is -1.85. The van der Waals surface area contributed by atoms with Gasteiger partial charge in [0, 0.05) is 57.3 Å². The molecule has 26 heavy (non-hydrogen) atoms. The van der Waals surface area contributed by atoms with Crippen LogP contribution in [0.1, 0.15) is 36.0 Å². The molecule has 2 fully saturated rings. The molecule has 5 nitrogen and oxygen atoms in total. The fourth-order valence-electron chi connectivity index (χ4n) is 4.17. The van der Waals surface area contributed by atoms with Gasteiger partial charge in [0.25, 0.3) is 5.91 Å². The lowest BCUT2D eigenvalue weighted by molar-refractivity contribution is 0.0580. The fourth-order valence-corrected chi connectivity index (χ4v) is 4.17. The summed E-state index contributed by atoms with van der Waals surface area (Å²) in [5.41, 5.74) is 1.87. The van der Waals surface area contributed by atoms with E-state index in [1.54, 1.807) is 0 Å². The topological polar surface area (TPSA) is 37.2 Å². The summed E-state index contributed by atoms with van der Waals surface area (Å²) in [5, 5.41) is 0. The summed E-state index contributed by atoms with van der Waals surface area (Å²) in [6, 6.07) is 8.01. The van der Waals surface area contributed by atoms with Crippen LogP contribution < -0.4 is 0 Å². The molecule has 0 N–H and O–H groups in total. The zero-order valence-electron chi connectivity index (χ0n) is 15.5. The number of amides is 1. The molecule has 0 aromatic carbocycles. The van der Waals surface area contributed by atoms with Crippen LogP contribution in [-0.4, -0.2) is 66.0 Å². The van der Waals surface area contributed by atoms with Crippen molar-refractivity contribution in [2.24, 2.45) is 5.92 Å². The van der Waals surface area contributed by atoms with Crippen molar-refractivity contribution in [2.45, 2.75) is 25.7 Å². The molecule has 0 spiro atoms. The fraction of sp³-hybridized carbons (Fsp3) is 0.571. The molecule has 4 rings (SSSR count). The maximum Gasteiger partial charge on any atom is 0.255 e. The summed E-state index contributed by atoms with van der Waals surface area (Å²) < 4.78 is 7.45. The lowest BCUT2D eigenvalue weighted by Crippen LogP contribution is -2.48. The molecule has 0 bridgehead atoms. The SMILES string of the molecule is O=C(c1cc2ccccn2c1)N1CCN(CCCC2CCOCC2)CC1. The predicted octanol–water partition coefficient (Wildman–Crippen LogP) is 2.90. The molecule has 0 aliphatic carbocycles. The Labute approximate surface area is 155 Å². The highest BCUT2D eigenvalue weighted by Crippen LogP contribution is 2.20. The van der Waals surface area contributed by atoms with E-state index in [0.29, 0.717) is 0 Å². The minimum Gasteiger partial charge on any atom is -0.381 e. The molecule has 140 valence electrons. The number of pyridine rings is 1. The lowest BCUT2D eigenvalue weighted by atomic mass is 9.95. The average molecular weight is 355 g/mol. The van der Waals surface area contributed by atoms with Gasteiger partial charge in [0.15, 0.2) is 0 Å². The number of nitrogens with zero attached hydrogens (tertiary/aromatic N) is 3. The van der Waals surface area contributed by atoms with Gasteiger partial charge in [0.1, 0.15) is 0 Å². The van der Waals surface area contributed by atoms with Crippen molar-refractivity contribution in [1.29, 1.82) is 0 Å². The second-order valence-corrected chi connectivity index (χ2v) is 7.59. The molecule has 2 saturated heterocycles. The molecule has 0 radical (unpaired) electrons. The number of carbonyl (C=O) groups is 1. The number of hydrogen-bond acceptors (Lipinski definition) is 3. The Balaban J connectivity index is 1.23. The van der Waals surface area contributed by atoms with Crippen LogP contribution in [0, 0.1) is 5.92 Å². The third-order valence-electron chi connectivity index (χ3n) is 5.84. The molecule has 0 saturated carbocycles. The van der Waals surface area contributed by atoms with Gasteiger partial charge in [0.2, 0.25) is 0 Å². The first-order valence-corrected chi connectivity index (χ1v) is 9.96. The number of ether oxygens (including phenoxy) is 1. The number of hydrogen-bond donors (Lipinski definition) is 0. The number of carbonyl (C=O) groups excluding carboxylic acids is 1. The van der Waals surface area contributed by atoms with Gasteiger partial charge in [-0.1, -0.05) is 6.07 Å². The maximum atomic E-state index is 12.8. The van der Waals surface area contributed by atoms with Crippen LogP contribution in [0.2, 0.25) is 0 Å². The van der Waals surface area contributed by atoms with Crippen molar-refractivity contribution in [3.8, 4) is 0 Å². The number of aromatic nitrogens is 1. The van der Waals surface area contributed by atoms with E-state index in [0.717, 1.165) is 62.9 Å². The zero-order chi connectivity index (χ0) is 17.8. The van der Waals surface area contributed by atoms with Crippen LogP contribution in [-0.2, 0) is 4.74 Å². The summed E-state index contributed by atoms with van der Waals surface area (Å²) >= 11 is 0. The van der Waals surface area contributed by atoms with Crippen molar-refractivity contribution in [3.05, 3.63) is 42.2 Å². The summed E-state index contributed by atoms with van der Waals surface area (Å²) in [5.74, 6) is 1.02. The molecule has 2 aliphatic heterocycles. The number of piperazine rings is 1. The smallest absolute Gasteiger partial charge is 0.255 e. The minimum atomic E-state index is 0.163. The molecular weight excluding hydrogens is 326 g/mol. The Morgan fingerprint density at radius 3 is 2.69 bits per heavy atom. The van der Waals surface area contributed by atoms with E-state index in [9.17, 15) is 4.79 Å². The Bertz CT molecular complexity index is 695. The van der Waals surface area contributed by atoms with E-state index in [-0.39, 0.29) is 5.91 Å². The normalized spacial score (nSPS) is 19.9. The summed E-state index contributed by atoms with van der Waals surface area (Å²) in [4.78, 5) is 17.3. The summed E-state index contributed by atoms with van der Waals surface area (Å²) in [6.07, 6.45) is 8.98. The second kappa shape index (κ2) is 8.23. The lowest BCUT2D eigenvalue weighted by Gasteiger charge is -2.35. The van der Waals surface area contributed by atoms with Gasteiger partial charge in [0.05, 0.1) is 5.56 Å². The monoisotopic (exact) mass is 355 g/mol. The molecular formula is C21H29N3O2. The van der Waals surface area contributed by atoms with Crippen LogP contribution in [0.5, 0.6) is 0 Å². The van der Waals surface area contributed by atoms with Crippen LogP contribution in [0.4, 0.5) is 0 Å². The largest absolute Gasteiger partial charge is 0.381 e. The molecule has 2 aromatic rings. The van der Waals surface area contributed by atoms with Crippen molar-refractivity contribution >= 4 is 11.4 Å². The van der Waals surface area contributed by atoms with Gasteiger partial charge in [-0.2, -0.15) is 0 Å². The Kier molecular flexibility index (Phi) is 5.56. The predicted molar refractivity (Wildman–Crippen MR) is 103 cm³/mol. The van der Waals surface area contributed by atoms with Gasteiger partial charge >= 0.3 is 0 Å². The molecule has 2 aromatic heterocycles. The third kappa shape index (κ3) is 4.10. The van der Waals surface area contributed by atoms with Crippen LogP contribution >= 0.6 is 0 Å². The standard InChI is InChI=1S/C21H29N3O2/c25-21(19-16-20-5-1-2-9-24(20)17-19)23-12-10-22(11-13-23)8-3-4-18-6-14-26-15-7-18/h1-2,5,9,16-18H,3-4,6-8,10-15H2. The van der Waals surface area contributed by atoms with Crippen molar-refractivity contribution < 1.29 is 9.53 Å². The quantitative estimate of drug-likeness (QED) is 0.828. The first-order chi connectivity index (χ1) is 12.8. The molecule has 0 unspecified atom stereocenters. The summed E-state index contributed by atoms with van der Waals surface area (Å²) in [7, 11) is 0. The highest BCUT2D eigenvalue weighted by Gasteiger charge is 2.23. The minimum absolute atomic E-state index is 0.163.